The Labute approximate surface area is 167 Å². The van der Waals surface area contributed by atoms with Gasteiger partial charge in [-0.1, -0.05) is 13.3 Å². The molecule has 0 aromatic carbocycles. The van der Waals surface area contributed by atoms with Crippen molar-refractivity contribution in [2.45, 2.75) is 58.4 Å². The summed E-state index contributed by atoms with van der Waals surface area (Å²) < 4.78 is 0. The zero-order valence-electron chi connectivity index (χ0n) is 18.4. The average Bonchev–Trinajstić information content (AvgIpc) is 2.71. The molecule has 2 rings (SSSR count). The maximum atomic E-state index is 4.40. The van der Waals surface area contributed by atoms with Gasteiger partial charge in [-0.3, -0.25) is 9.89 Å². The highest BCUT2D eigenvalue weighted by Gasteiger charge is 2.27. The summed E-state index contributed by atoms with van der Waals surface area (Å²) in [5.74, 6) is 0.941. The van der Waals surface area contributed by atoms with Gasteiger partial charge in [0.2, 0.25) is 0 Å². The molecule has 2 aliphatic rings. The normalized spacial score (nSPS) is 21.4. The Morgan fingerprint density at radius 3 is 2.19 bits per heavy atom. The highest BCUT2D eigenvalue weighted by atomic mass is 15.3. The molecular weight excluding hydrogens is 336 g/mol. The first-order valence-corrected chi connectivity index (χ1v) is 11.2. The van der Waals surface area contributed by atoms with E-state index in [1.807, 2.05) is 7.05 Å². The number of likely N-dealkylation sites (N-methyl/N-ethyl adjacent to an activating group) is 1. The average molecular weight is 381 g/mol. The summed E-state index contributed by atoms with van der Waals surface area (Å²) in [7, 11) is 1.87. The predicted octanol–water partition coefficient (Wildman–Crippen LogP) is 1.83. The third-order valence-electron chi connectivity index (χ3n) is 6.23. The third kappa shape index (κ3) is 7.96. The molecule has 6 heteroatoms. The van der Waals surface area contributed by atoms with Gasteiger partial charge in [-0.2, -0.15) is 0 Å². The third-order valence-corrected chi connectivity index (χ3v) is 6.23. The largest absolute Gasteiger partial charge is 0.356 e. The quantitative estimate of drug-likeness (QED) is 0.363. The molecule has 27 heavy (non-hydrogen) atoms. The van der Waals surface area contributed by atoms with Crippen molar-refractivity contribution in [2.24, 2.45) is 4.99 Å². The maximum Gasteiger partial charge on any atom is 0.191 e. The number of piperidine rings is 1. The van der Waals surface area contributed by atoms with Gasteiger partial charge in [0, 0.05) is 51.9 Å². The maximum absolute atomic E-state index is 4.40. The molecule has 6 nitrogen and oxygen atoms in total. The number of piperazine rings is 1. The van der Waals surface area contributed by atoms with Gasteiger partial charge in [0.15, 0.2) is 5.96 Å². The fourth-order valence-corrected chi connectivity index (χ4v) is 4.13. The molecule has 0 amide bonds. The number of aliphatic imine (C=N–C) groups is 1. The van der Waals surface area contributed by atoms with E-state index >= 15 is 0 Å². The Morgan fingerprint density at radius 1 is 0.889 bits per heavy atom. The van der Waals surface area contributed by atoms with Gasteiger partial charge in [-0.05, 0) is 65.7 Å². The highest BCUT2D eigenvalue weighted by molar-refractivity contribution is 5.79. The molecule has 0 spiro atoms. The first-order chi connectivity index (χ1) is 13.0. The Hall–Kier alpha value is -0.850. The molecule has 0 radical (unpaired) electrons. The topological polar surface area (TPSA) is 46.1 Å². The first-order valence-electron chi connectivity index (χ1n) is 11.2. The fraction of sp³-hybridized carbons (Fsp3) is 0.952. The Balaban J connectivity index is 1.56. The van der Waals surface area contributed by atoms with Crippen molar-refractivity contribution in [3.63, 3.8) is 0 Å². The number of likely N-dealkylation sites (tertiary alicyclic amines) is 1. The second kappa shape index (κ2) is 11.9. The molecule has 2 heterocycles. The summed E-state index contributed by atoms with van der Waals surface area (Å²) >= 11 is 0. The zero-order valence-corrected chi connectivity index (χ0v) is 18.4. The van der Waals surface area contributed by atoms with Crippen LogP contribution in [0.3, 0.4) is 0 Å². The predicted molar refractivity (Wildman–Crippen MR) is 117 cm³/mol. The Bertz CT molecular complexity index is 422. The number of rotatable bonds is 9. The van der Waals surface area contributed by atoms with E-state index < -0.39 is 0 Å². The zero-order chi connectivity index (χ0) is 19.5. The van der Waals surface area contributed by atoms with Crippen LogP contribution in [0.5, 0.6) is 0 Å². The van der Waals surface area contributed by atoms with Crippen LogP contribution < -0.4 is 10.6 Å². The van der Waals surface area contributed by atoms with Crippen LogP contribution in [0.15, 0.2) is 4.99 Å². The van der Waals surface area contributed by atoms with E-state index in [0.717, 1.165) is 19.0 Å². The van der Waals surface area contributed by atoms with Crippen molar-refractivity contribution in [1.29, 1.82) is 0 Å². The van der Waals surface area contributed by atoms with E-state index in [4.69, 9.17) is 0 Å². The molecule has 0 atom stereocenters. The van der Waals surface area contributed by atoms with Crippen molar-refractivity contribution in [1.82, 2.24) is 25.3 Å². The lowest BCUT2D eigenvalue weighted by Crippen LogP contribution is -2.54. The van der Waals surface area contributed by atoms with E-state index in [2.05, 4.69) is 51.1 Å². The minimum Gasteiger partial charge on any atom is -0.356 e. The van der Waals surface area contributed by atoms with Crippen LogP contribution in [-0.4, -0.2) is 98.7 Å². The first kappa shape index (κ1) is 22.4. The summed E-state index contributed by atoms with van der Waals surface area (Å²) in [6, 6.07) is 0. The number of unbranched alkanes of at least 4 members (excludes halogenated alkanes) is 1. The van der Waals surface area contributed by atoms with Gasteiger partial charge >= 0.3 is 0 Å². The lowest BCUT2D eigenvalue weighted by atomic mass is 9.98. The summed E-state index contributed by atoms with van der Waals surface area (Å²) in [4.78, 5) is 12.2. The van der Waals surface area contributed by atoms with Gasteiger partial charge in [-0.25, -0.2) is 0 Å². The van der Waals surface area contributed by atoms with Crippen LogP contribution in [0.4, 0.5) is 0 Å². The van der Waals surface area contributed by atoms with Crippen LogP contribution in [0.25, 0.3) is 0 Å². The monoisotopic (exact) mass is 380 g/mol. The standard InChI is InChI=1S/C21H44N6/c1-5-25-15-17-26(18-16-25)12-10-7-11-23-20(22-4)24-19-21(2,3)27-13-8-6-9-14-27/h5-19H2,1-4H3,(H2,22,23,24). The van der Waals surface area contributed by atoms with Crippen molar-refractivity contribution in [2.75, 3.05) is 72.5 Å². The van der Waals surface area contributed by atoms with Crippen molar-refractivity contribution < 1.29 is 0 Å². The summed E-state index contributed by atoms with van der Waals surface area (Å²) in [5, 5.41) is 7.03. The van der Waals surface area contributed by atoms with E-state index in [1.165, 1.54) is 84.5 Å². The molecule has 0 bridgehead atoms. The Kier molecular flexibility index (Phi) is 9.87. The van der Waals surface area contributed by atoms with Crippen LogP contribution in [-0.2, 0) is 0 Å². The molecule has 2 N–H and O–H groups in total. The second-order valence-corrected chi connectivity index (χ2v) is 8.70. The van der Waals surface area contributed by atoms with Gasteiger partial charge in [0.05, 0.1) is 0 Å². The Morgan fingerprint density at radius 2 is 1.56 bits per heavy atom. The number of nitrogens with zero attached hydrogens (tertiary/aromatic N) is 4. The molecule has 2 aliphatic heterocycles. The van der Waals surface area contributed by atoms with Crippen LogP contribution >= 0.6 is 0 Å². The van der Waals surface area contributed by atoms with Gasteiger partial charge in [-0.15, -0.1) is 0 Å². The summed E-state index contributed by atoms with van der Waals surface area (Å²) in [6.45, 7) is 18.7. The molecule has 0 aromatic heterocycles. The highest BCUT2D eigenvalue weighted by Crippen LogP contribution is 2.19. The number of guanidine groups is 1. The molecule has 0 aliphatic carbocycles. The molecule has 0 aromatic rings. The molecule has 0 saturated carbocycles. The van der Waals surface area contributed by atoms with E-state index in [-0.39, 0.29) is 5.54 Å². The van der Waals surface area contributed by atoms with Crippen LogP contribution in [0.2, 0.25) is 0 Å². The molecule has 158 valence electrons. The second-order valence-electron chi connectivity index (χ2n) is 8.70. The summed E-state index contributed by atoms with van der Waals surface area (Å²) in [5.41, 5.74) is 0.179. The summed E-state index contributed by atoms with van der Waals surface area (Å²) in [6.07, 6.45) is 6.52. The van der Waals surface area contributed by atoms with Crippen LogP contribution in [0.1, 0.15) is 52.9 Å². The minimum absolute atomic E-state index is 0.179. The lowest BCUT2D eigenvalue weighted by molar-refractivity contribution is 0.0982. The smallest absolute Gasteiger partial charge is 0.191 e. The van der Waals surface area contributed by atoms with E-state index in [1.54, 1.807) is 0 Å². The SMILES string of the molecule is CCN1CCN(CCCCNC(=NC)NCC(C)(C)N2CCCCC2)CC1. The van der Waals surface area contributed by atoms with Gasteiger partial charge in [0.25, 0.3) is 0 Å². The number of hydrogen-bond donors (Lipinski definition) is 2. The minimum atomic E-state index is 0.179. The van der Waals surface area contributed by atoms with Crippen molar-refractivity contribution in [3.05, 3.63) is 0 Å². The van der Waals surface area contributed by atoms with Crippen molar-refractivity contribution >= 4 is 5.96 Å². The molecule has 2 saturated heterocycles. The fourth-order valence-electron chi connectivity index (χ4n) is 4.13. The van der Waals surface area contributed by atoms with Gasteiger partial charge < -0.3 is 20.4 Å². The van der Waals surface area contributed by atoms with Gasteiger partial charge in [0.1, 0.15) is 0 Å². The van der Waals surface area contributed by atoms with Crippen LogP contribution in [0, 0.1) is 0 Å². The number of hydrogen-bond acceptors (Lipinski definition) is 4. The number of nitrogens with one attached hydrogen (secondary N) is 2. The van der Waals surface area contributed by atoms with Crippen molar-refractivity contribution in [3.8, 4) is 0 Å². The molecule has 0 unspecified atom stereocenters. The molecular formula is C21H44N6. The lowest BCUT2D eigenvalue weighted by Gasteiger charge is -2.41. The molecule has 2 fully saturated rings. The van der Waals surface area contributed by atoms with E-state index in [9.17, 15) is 0 Å². The van der Waals surface area contributed by atoms with E-state index in [0.29, 0.717) is 0 Å².